The number of benzene rings is 1. The fourth-order valence-corrected chi connectivity index (χ4v) is 2.42. The van der Waals surface area contributed by atoms with Crippen molar-refractivity contribution < 1.29 is 4.92 Å². The van der Waals surface area contributed by atoms with Gasteiger partial charge in [-0.05, 0) is 28.5 Å². The van der Waals surface area contributed by atoms with E-state index in [9.17, 15) is 14.9 Å². The summed E-state index contributed by atoms with van der Waals surface area (Å²) < 4.78 is 1.21. The van der Waals surface area contributed by atoms with Crippen molar-refractivity contribution in [3.63, 3.8) is 0 Å². The zero-order chi connectivity index (χ0) is 15.5. The molecule has 3 rings (SSSR count). The number of aromatic nitrogens is 2. The number of pyridine rings is 2. The Bertz CT molecular complexity index is 888. The van der Waals surface area contributed by atoms with E-state index in [1.807, 2.05) is 12.1 Å². The smallest absolute Gasteiger partial charge is 0.341 e. The maximum atomic E-state index is 12.5. The molecular weight excluding hydrogens is 282 g/mol. The van der Waals surface area contributed by atoms with Gasteiger partial charge in [0.05, 0.1) is 11.9 Å². The zero-order valence-corrected chi connectivity index (χ0v) is 11.7. The third kappa shape index (κ3) is 2.58. The predicted molar refractivity (Wildman–Crippen MR) is 82.8 cm³/mol. The van der Waals surface area contributed by atoms with E-state index in [0.717, 1.165) is 5.69 Å². The molecule has 0 amide bonds. The number of nitro groups is 1. The fourth-order valence-electron chi connectivity index (χ4n) is 2.42. The monoisotopic (exact) mass is 295 g/mol. The van der Waals surface area contributed by atoms with Crippen molar-refractivity contribution in [3.05, 3.63) is 80.9 Å². The van der Waals surface area contributed by atoms with E-state index < -0.39 is 4.92 Å². The Kier molecular flexibility index (Phi) is 3.65. The maximum absolute atomic E-state index is 12.5. The van der Waals surface area contributed by atoms with E-state index in [2.05, 4.69) is 4.98 Å². The SMILES string of the molecule is O=c1c2ccccc2cc([N+](=O)[O-])n1CCc1ccccn1. The molecule has 0 aliphatic rings. The molecule has 0 aliphatic heterocycles. The van der Waals surface area contributed by atoms with Gasteiger partial charge in [0.1, 0.15) is 0 Å². The predicted octanol–water partition coefficient (Wildman–Crippen LogP) is 2.55. The van der Waals surface area contributed by atoms with Gasteiger partial charge in [-0.1, -0.05) is 24.3 Å². The molecule has 0 N–H and O–H groups in total. The Balaban J connectivity index is 2.07. The standard InChI is InChI=1S/C16H13N3O3/c20-16-14-7-2-1-5-12(14)11-15(19(21)22)18(16)10-8-13-6-3-4-9-17-13/h1-7,9,11H,8,10H2. The van der Waals surface area contributed by atoms with Crippen molar-refractivity contribution in [1.29, 1.82) is 0 Å². The number of fused-ring (bicyclic) bond motifs is 1. The quantitative estimate of drug-likeness (QED) is 0.547. The summed E-state index contributed by atoms with van der Waals surface area (Å²) >= 11 is 0. The van der Waals surface area contributed by atoms with E-state index in [4.69, 9.17) is 0 Å². The first kappa shape index (κ1) is 13.9. The van der Waals surface area contributed by atoms with E-state index in [1.165, 1.54) is 10.6 Å². The van der Waals surface area contributed by atoms with Gasteiger partial charge in [-0.2, -0.15) is 4.57 Å². The minimum Gasteiger partial charge on any atom is -0.358 e. The van der Waals surface area contributed by atoms with Crippen molar-refractivity contribution in [2.24, 2.45) is 0 Å². The summed E-state index contributed by atoms with van der Waals surface area (Å²) in [7, 11) is 0. The van der Waals surface area contributed by atoms with Crippen molar-refractivity contribution in [2.75, 3.05) is 0 Å². The van der Waals surface area contributed by atoms with Crippen molar-refractivity contribution in [2.45, 2.75) is 13.0 Å². The Morgan fingerprint density at radius 3 is 2.64 bits per heavy atom. The summed E-state index contributed by atoms with van der Waals surface area (Å²) in [4.78, 5) is 27.4. The number of rotatable bonds is 4. The van der Waals surface area contributed by atoms with E-state index in [0.29, 0.717) is 17.2 Å². The molecule has 0 bridgehead atoms. The highest BCUT2D eigenvalue weighted by Crippen LogP contribution is 2.17. The van der Waals surface area contributed by atoms with Crippen LogP contribution in [-0.2, 0) is 13.0 Å². The molecular formula is C16H13N3O3. The molecule has 0 unspecified atom stereocenters. The van der Waals surface area contributed by atoms with Gasteiger partial charge in [-0.15, -0.1) is 0 Å². The van der Waals surface area contributed by atoms with Crippen LogP contribution in [0.15, 0.2) is 59.5 Å². The molecule has 6 heteroatoms. The average Bonchev–Trinajstić information content (AvgIpc) is 2.54. The maximum Gasteiger partial charge on any atom is 0.341 e. The molecule has 0 saturated heterocycles. The molecule has 1 aromatic carbocycles. The summed E-state index contributed by atoms with van der Waals surface area (Å²) in [6.45, 7) is 0.219. The second-order valence-electron chi connectivity index (χ2n) is 4.87. The Labute approximate surface area is 125 Å². The summed E-state index contributed by atoms with van der Waals surface area (Å²) in [5, 5.41) is 12.3. The van der Waals surface area contributed by atoms with Crippen LogP contribution in [-0.4, -0.2) is 14.5 Å². The molecule has 22 heavy (non-hydrogen) atoms. The van der Waals surface area contributed by atoms with Gasteiger partial charge in [0.15, 0.2) is 0 Å². The Morgan fingerprint density at radius 1 is 1.14 bits per heavy atom. The number of hydrogen-bond donors (Lipinski definition) is 0. The lowest BCUT2D eigenvalue weighted by atomic mass is 10.1. The molecule has 6 nitrogen and oxygen atoms in total. The van der Waals surface area contributed by atoms with Crippen molar-refractivity contribution in [1.82, 2.24) is 9.55 Å². The number of hydrogen-bond acceptors (Lipinski definition) is 4. The molecule has 0 fully saturated rings. The molecule has 0 spiro atoms. The summed E-state index contributed by atoms with van der Waals surface area (Å²) in [6, 6.07) is 13.8. The highest BCUT2D eigenvalue weighted by Gasteiger charge is 2.18. The van der Waals surface area contributed by atoms with Crippen LogP contribution in [0.3, 0.4) is 0 Å². The van der Waals surface area contributed by atoms with Crippen molar-refractivity contribution >= 4 is 16.6 Å². The topological polar surface area (TPSA) is 78.0 Å². The van der Waals surface area contributed by atoms with Gasteiger partial charge in [0.25, 0.3) is 0 Å². The van der Waals surface area contributed by atoms with Gasteiger partial charge in [0.2, 0.25) is 0 Å². The molecule has 0 aliphatic carbocycles. The Hall–Kier alpha value is -3.02. The lowest BCUT2D eigenvalue weighted by molar-refractivity contribution is -0.392. The van der Waals surface area contributed by atoms with E-state index in [-0.39, 0.29) is 17.9 Å². The fraction of sp³-hybridized carbons (Fsp3) is 0.125. The van der Waals surface area contributed by atoms with Crippen LogP contribution in [0.25, 0.3) is 10.8 Å². The van der Waals surface area contributed by atoms with Gasteiger partial charge in [0, 0.05) is 24.4 Å². The third-order valence-corrected chi connectivity index (χ3v) is 3.50. The first-order chi connectivity index (χ1) is 10.7. The highest BCUT2D eigenvalue weighted by molar-refractivity contribution is 5.83. The van der Waals surface area contributed by atoms with Crippen LogP contribution < -0.4 is 5.56 Å². The highest BCUT2D eigenvalue weighted by atomic mass is 16.6. The van der Waals surface area contributed by atoms with Crippen LogP contribution >= 0.6 is 0 Å². The normalized spacial score (nSPS) is 10.7. The van der Waals surface area contributed by atoms with Gasteiger partial charge in [-0.25, -0.2) is 4.79 Å². The van der Waals surface area contributed by atoms with Crippen LogP contribution in [0.1, 0.15) is 5.69 Å². The van der Waals surface area contributed by atoms with Crippen LogP contribution in [0.2, 0.25) is 0 Å². The molecule has 0 saturated carbocycles. The summed E-state index contributed by atoms with van der Waals surface area (Å²) in [6.07, 6.45) is 2.12. The van der Waals surface area contributed by atoms with Crippen molar-refractivity contribution in [3.8, 4) is 0 Å². The average molecular weight is 295 g/mol. The second kappa shape index (κ2) is 5.77. The minimum absolute atomic E-state index is 0.195. The van der Waals surface area contributed by atoms with Gasteiger partial charge >= 0.3 is 11.4 Å². The lowest BCUT2D eigenvalue weighted by Crippen LogP contribution is -2.24. The summed E-state index contributed by atoms with van der Waals surface area (Å²) in [5.41, 5.74) is 0.442. The Morgan fingerprint density at radius 2 is 1.91 bits per heavy atom. The van der Waals surface area contributed by atoms with Crippen LogP contribution in [0.4, 0.5) is 5.82 Å². The third-order valence-electron chi connectivity index (χ3n) is 3.50. The molecule has 2 heterocycles. The molecule has 0 atom stereocenters. The molecule has 2 aromatic heterocycles. The minimum atomic E-state index is -0.522. The van der Waals surface area contributed by atoms with Gasteiger partial charge in [-0.3, -0.25) is 4.98 Å². The first-order valence-corrected chi connectivity index (χ1v) is 6.84. The largest absolute Gasteiger partial charge is 0.358 e. The lowest BCUT2D eigenvalue weighted by Gasteiger charge is -2.07. The zero-order valence-electron chi connectivity index (χ0n) is 11.7. The molecule has 3 aromatic rings. The van der Waals surface area contributed by atoms with E-state index in [1.54, 1.807) is 36.5 Å². The molecule has 110 valence electrons. The summed E-state index contributed by atoms with van der Waals surface area (Å²) in [5.74, 6) is -0.195. The molecule has 0 radical (unpaired) electrons. The second-order valence-corrected chi connectivity index (χ2v) is 4.87. The van der Waals surface area contributed by atoms with E-state index >= 15 is 0 Å². The van der Waals surface area contributed by atoms with Crippen LogP contribution in [0.5, 0.6) is 0 Å². The number of nitrogens with zero attached hydrogens (tertiary/aromatic N) is 3. The first-order valence-electron chi connectivity index (χ1n) is 6.84. The van der Waals surface area contributed by atoms with Crippen LogP contribution in [0, 0.1) is 10.1 Å². The number of aryl methyl sites for hydroxylation is 1. The van der Waals surface area contributed by atoms with Gasteiger partial charge < -0.3 is 10.1 Å².